The van der Waals surface area contributed by atoms with Crippen LogP contribution in [0.2, 0.25) is 0 Å². The van der Waals surface area contributed by atoms with Gasteiger partial charge in [-0.3, -0.25) is 4.98 Å². The van der Waals surface area contributed by atoms with Gasteiger partial charge in [0.05, 0.1) is 18.8 Å². The molecule has 0 amide bonds. The number of halogens is 1. The Kier molecular flexibility index (Phi) is 5.09. The van der Waals surface area contributed by atoms with Gasteiger partial charge < -0.3 is 10.0 Å². The lowest BCUT2D eigenvalue weighted by Crippen LogP contribution is -2.25. The minimum absolute atomic E-state index is 0.0283. The summed E-state index contributed by atoms with van der Waals surface area (Å²) in [7, 11) is 0. The van der Waals surface area contributed by atoms with Crippen molar-refractivity contribution >= 4 is 21.7 Å². The summed E-state index contributed by atoms with van der Waals surface area (Å²) in [6.07, 6.45) is 1.75. The number of rotatable bonds is 5. The van der Waals surface area contributed by atoms with Crippen molar-refractivity contribution < 1.29 is 5.11 Å². The predicted molar refractivity (Wildman–Crippen MR) is 83.6 cm³/mol. The highest BCUT2D eigenvalue weighted by Gasteiger charge is 2.12. The topological polar surface area (TPSA) is 49.2 Å². The van der Waals surface area contributed by atoms with Crippen LogP contribution in [0.15, 0.2) is 34.9 Å². The molecule has 2 rings (SSSR count). The number of aliphatic hydroxyl groups excluding tert-OH is 1. The maximum absolute atomic E-state index is 9.49. The molecule has 2 aromatic heterocycles. The van der Waals surface area contributed by atoms with Gasteiger partial charge in [-0.25, -0.2) is 4.98 Å². The Morgan fingerprint density at radius 1 is 1.35 bits per heavy atom. The van der Waals surface area contributed by atoms with Crippen LogP contribution in [0.3, 0.4) is 0 Å². The summed E-state index contributed by atoms with van der Waals surface area (Å²) in [6, 6.07) is 7.89. The molecule has 0 aliphatic rings. The van der Waals surface area contributed by atoms with Crippen molar-refractivity contribution in [2.24, 2.45) is 0 Å². The van der Waals surface area contributed by atoms with E-state index < -0.39 is 0 Å². The van der Waals surface area contributed by atoms with Crippen LogP contribution in [-0.4, -0.2) is 21.6 Å². The standard InChI is InChI=1S/C15H18BrN3O/c1-3-19(9-14-6-4-5-11(2)18-14)15-12(10-20)7-13(16)8-17-15/h4-8,20H,3,9-10H2,1-2H3. The average molecular weight is 336 g/mol. The fourth-order valence-corrected chi connectivity index (χ4v) is 2.47. The maximum atomic E-state index is 9.49. The summed E-state index contributed by atoms with van der Waals surface area (Å²) in [5.74, 6) is 0.807. The Morgan fingerprint density at radius 3 is 2.80 bits per heavy atom. The molecule has 0 atom stereocenters. The average Bonchev–Trinajstić information content (AvgIpc) is 2.45. The molecular weight excluding hydrogens is 318 g/mol. The molecule has 106 valence electrons. The van der Waals surface area contributed by atoms with E-state index in [-0.39, 0.29) is 6.61 Å². The van der Waals surface area contributed by atoms with Crippen LogP contribution < -0.4 is 4.90 Å². The number of anilines is 1. The molecule has 2 aromatic rings. The van der Waals surface area contributed by atoms with Crippen LogP contribution in [-0.2, 0) is 13.2 Å². The second-order valence-electron chi connectivity index (χ2n) is 4.58. The van der Waals surface area contributed by atoms with Gasteiger partial charge in [-0.1, -0.05) is 6.07 Å². The minimum atomic E-state index is -0.0283. The summed E-state index contributed by atoms with van der Waals surface area (Å²) >= 11 is 3.38. The number of hydrogen-bond donors (Lipinski definition) is 1. The zero-order valence-corrected chi connectivity index (χ0v) is 13.3. The first kappa shape index (κ1) is 14.9. The van der Waals surface area contributed by atoms with Crippen molar-refractivity contribution in [3.05, 3.63) is 51.9 Å². The molecule has 2 heterocycles. The summed E-state index contributed by atoms with van der Waals surface area (Å²) in [5, 5.41) is 9.49. The minimum Gasteiger partial charge on any atom is -0.392 e. The van der Waals surface area contributed by atoms with E-state index >= 15 is 0 Å². The summed E-state index contributed by atoms with van der Waals surface area (Å²) in [4.78, 5) is 11.1. The molecule has 0 radical (unpaired) electrons. The largest absolute Gasteiger partial charge is 0.392 e. The van der Waals surface area contributed by atoms with Crippen molar-refractivity contribution in [1.29, 1.82) is 0 Å². The van der Waals surface area contributed by atoms with Crippen LogP contribution in [0.25, 0.3) is 0 Å². The molecule has 0 unspecified atom stereocenters. The third kappa shape index (κ3) is 3.55. The van der Waals surface area contributed by atoms with Crippen molar-refractivity contribution in [2.45, 2.75) is 27.0 Å². The maximum Gasteiger partial charge on any atom is 0.134 e. The molecule has 1 N–H and O–H groups in total. The molecule has 0 saturated heterocycles. The van der Waals surface area contributed by atoms with E-state index in [1.54, 1.807) is 6.20 Å². The Balaban J connectivity index is 2.28. The van der Waals surface area contributed by atoms with Gasteiger partial charge in [-0.05, 0) is 48.0 Å². The molecule has 5 heteroatoms. The van der Waals surface area contributed by atoms with Gasteiger partial charge in [0.15, 0.2) is 0 Å². The van der Waals surface area contributed by atoms with Crippen molar-refractivity contribution in [1.82, 2.24) is 9.97 Å². The fourth-order valence-electron chi connectivity index (χ4n) is 2.09. The van der Waals surface area contributed by atoms with Crippen LogP contribution in [0.5, 0.6) is 0 Å². The highest BCUT2D eigenvalue weighted by atomic mass is 79.9. The van der Waals surface area contributed by atoms with E-state index in [0.717, 1.165) is 33.8 Å². The molecule has 4 nitrogen and oxygen atoms in total. The smallest absolute Gasteiger partial charge is 0.134 e. The Bertz CT molecular complexity index is 589. The summed E-state index contributed by atoms with van der Waals surface area (Å²) in [6.45, 7) is 5.51. The van der Waals surface area contributed by atoms with Gasteiger partial charge in [0.2, 0.25) is 0 Å². The third-order valence-corrected chi connectivity index (χ3v) is 3.49. The molecule has 0 aliphatic heterocycles. The highest BCUT2D eigenvalue weighted by molar-refractivity contribution is 9.10. The molecule has 0 aliphatic carbocycles. The van der Waals surface area contributed by atoms with Gasteiger partial charge in [-0.2, -0.15) is 0 Å². The second kappa shape index (κ2) is 6.81. The normalized spacial score (nSPS) is 10.6. The molecule has 0 saturated carbocycles. The zero-order valence-electron chi connectivity index (χ0n) is 11.7. The SMILES string of the molecule is CCN(Cc1cccc(C)n1)c1ncc(Br)cc1CO. The summed E-state index contributed by atoms with van der Waals surface area (Å²) in [5.41, 5.74) is 2.82. The lowest BCUT2D eigenvalue weighted by Gasteiger charge is -2.24. The Hall–Kier alpha value is -1.46. The van der Waals surface area contributed by atoms with Crippen LogP contribution >= 0.6 is 15.9 Å². The number of pyridine rings is 2. The van der Waals surface area contributed by atoms with Crippen LogP contribution in [0.4, 0.5) is 5.82 Å². The quantitative estimate of drug-likeness (QED) is 0.912. The fraction of sp³-hybridized carbons (Fsp3) is 0.333. The molecule has 0 aromatic carbocycles. The van der Waals surface area contributed by atoms with E-state index in [9.17, 15) is 5.11 Å². The number of aliphatic hydroxyl groups is 1. The predicted octanol–water partition coefficient (Wildman–Crippen LogP) is 3.07. The number of nitrogens with zero attached hydrogens (tertiary/aromatic N) is 3. The van der Waals surface area contributed by atoms with Gasteiger partial charge in [-0.15, -0.1) is 0 Å². The third-order valence-electron chi connectivity index (χ3n) is 3.06. The molecule has 0 spiro atoms. The van der Waals surface area contributed by atoms with Crippen molar-refractivity contribution in [3.63, 3.8) is 0 Å². The van der Waals surface area contributed by atoms with E-state index in [1.807, 2.05) is 31.2 Å². The second-order valence-corrected chi connectivity index (χ2v) is 5.49. The zero-order chi connectivity index (χ0) is 14.5. The van der Waals surface area contributed by atoms with Crippen LogP contribution in [0, 0.1) is 6.92 Å². The first-order valence-corrected chi connectivity index (χ1v) is 7.36. The van der Waals surface area contributed by atoms with Gasteiger partial charge in [0, 0.05) is 28.5 Å². The first-order valence-electron chi connectivity index (χ1n) is 6.56. The number of aryl methyl sites for hydroxylation is 1. The molecule has 0 bridgehead atoms. The first-order chi connectivity index (χ1) is 9.63. The number of aromatic nitrogens is 2. The lowest BCUT2D eigenvalue weighted by molar-refractivity contribution is 0.281. The van der Waals surface area contributed by atoms with E-state index in [2.05, 4.69) is 37.7 Å². The van der Waals surface area contributed by atoms with E-state index in [1.165, 1.54) is 0 Å². The van der Waals surface area contributed by atoms with E-state index in [4.69, 9.17) is 0 Å². The van der Waals surface area contributed by atoms with Crippen molar-refractivity contribution in [2.75, 3.05) is 11.4 Å². The molecule has 20 heavy (non-hydrogen) atoms. The molecule has 0 fully saturated rings. The Labute approximate surface area is 127 Å². The molecular formula is C15H18BrN3O. The van der Waals surface area contributed by atoms with Crippen LogP contribution in [0.1, 0.15) is 23.9 Å². The van der Waals surface area contributed by atoms with Gasteiger partial charge in [0.25, 0.3) is 0 Å². The van der Waals surface area contributed by atoms with E-state index in [0.29, 0.717) is 6.54 Å². The Morgan fingerprint density at radius 2 is 2.15 bits per heavy atom. The van der Waals surface area contributed by atoms with Gasteiger partial charge >= 0.3 is 0 Å². The monoisotopic (exact) mass is 335 g/mol. The summed E-state index contributed by atoms with van der Waals surface area (Å²) < 4.78 is 0.870. The van der Waals surface area contributed by atoms with Gasteiger partial charge in [0.1, 0.15) is 5.82 Å². The van der Waals surface area contributed by atoms with Crippen molar-refractivity contribution in [3.8, 4) is 0 Å². The highest BCUT2D eigenvalue weighted by Crippen LogP contribution is 2.23. The number of hydrogen-bond acceptors (Lipinski definition) is 4. The lowest BCUT2D eigenvalue weighted by atomic mass is 10.2.